The molecule has 0 saturated heterocycles. The minimum atomic E-state index is -1.96. The number of halogens is 1. The lowest BCUT2D eigenvalue weighted by Gasteiger charge is -2.23. The van der Waals surface area contributed by atoms with E-state index in [-0.39, 0.29) is 33.1 Å². The zero-order valence-electron chi connectivity index (χ0n) is 19.0. The van der Waals surface area contributed by atoms with Crippen LogP contribution in [0.1, 0.15) is 80.8 Å². The van der Waals surface area contributed by atoms with E-state index in [1.54, 1.807) is 0 Å². The summed E-state index contributed by atoms with van der Waals surface area (Å²) in [5.74, 6) is -0.849. The first kappa shape index (κ1) is 25.9. The Morgan fingerprint density at radius 3 is 2.50 bits per heavy atom. The molecule has 0 fully saturated rings. The lowest BCUT2D eigenvalue weighted by Crippen LogP contribution is -2.14. The topological polar surface area (TPSA) is 119 Å². The molecule has 0 saturated carbocycles. The van der Waals surface area contributed by atoms with Gasteiger partial charge >= 0.3 is 0 Å². The van der Waals surface area contributed by atoms with Gasteiger partial charge in [-0.2, -0.15) is 5.26 Å². The van der Waals surface area contributed by atoms with Crippen molar-refractivity contribution in [3.63, 3.8) is 0 Å². The van der Waals surface area contributed by atoms with E-state index in [1.165, 1.54) is 19.9 Å². The summed E-state index contributed by atoms with van der Waals surface area (Å²) in [5, 5.41) is 32.3. The standard InChI is InChI=1S/C22H28FN4O3S2/c1-11(2)15-8-14(9-24)18(23)17(12(3)4)19(15)25-13(5)27-32(30)20-16(10-28)26-21(31-20)22(6,7)29/h8,11-12,25,28-29H,5,10H2,1-4,6-7H3/q-1. The second kappa shape index (κ2) is 10.1. The van der Waals surface area contributed by atoms with Crippen LogP contribution in [0, 0.1) is 17.1 Å². The monoisotopic (exact) mass is 479 g/mol. The number of hydrogen-bond acceptors (Lipinski definition) is 9. The molecule has 7 nitrogen and oxygen atoms in total. The summed E-state index contributed by atoms with van der Waals surface area (Å²) in [4.78, 5) is 4.15. The van der Waals surface area contributed by atoms with Crippen LogP contribution in [0.5, 0.6) is 0 Å². The Balaban J connectivity index is 2.53. The van der Waals surface area contributed by atoms with Crippen molar-refractivity contribution in [1.82, 2.24) is 4.98 Å². The first-order valence-electron chi connectivity index (χ1n) is 10.0. The van der Waals surface area contributed by atoms with Gasteiger partial charge in [-0.15, -0.1) is 21.9 Å². The van der Waals surface area contributed by atoms with E-state index in [0.717, 1.165) is 11.3 Å². The van der Waals surface area contributed by atoms with Crippen LogP contribution >= 0.6 is 11.3 Å². The molecule has 0 atom stereocenters. The lowest BCUT2D eigenvalue weighted by molar-refractivity contribution is 0.0779. The number of anilines is 1. The SMILES string of the molecule is C=C(N=[S-](=O)c1sc(C(C)(C)O)nc1CO)Nc1c(C(C)C)cc(C#N)c(F)c1C(C)C. The molecule has 1 aromatic carbocycles. The number of hydrogen-bond donors (Lipinski definition) is 3. The molecule has 0 unspecified atom stereocenters. The molecule has 0 aliphatic rings. The van der Waals surface area contributed by atoms with Gasteiger partial charge < -0.3 is 24.1 Å². The molecule has 0 aliphatic heterocycles. The number of aliphatic hydroxyl groups excluding tert-OH is 1. The summed E-state index contributed by atoms with van der Waals surface area (Å²) in [6.07, 6.45) is 0. The number of nitrogens with zero attached hydrogens (tertiary/aromatic N) is 3. The molecule has 1 aromatic heterocycles. The van der Waals surface area contributed by atoms with Crippen molar-refractivity contribution in [2.75, 3.05) is 5.32 Å². The number of thiazole rings is 1. The van der Waals surface area contributed by atoms with E-state index in [2.05, 4.69) is 21.2 Å². The smallest absolute Gasteiger partial charge is 0.146 e. The van der Waals surface area contributed by atoms with Crippen LogP contribution in [-0.4, -0.2) is 15.2 Å². The Kier molecular flexibility index (Phi) is 8.17. The fourth-order valence-corrected chi connectivity index (χ4v) is 5.15. The second-order valence-corrected chi connectivity index (χ2v) is 10.8. The highest BCUT2D eigenvalue weighted by Crippen LogP contribution is 2.37. The Bertz CT molecular complexity index is 1150. The largest absolute Gasteiger partial charge is 0.439 e. The lowest BCUT2D eigenvalue weighted by atomic mass is 9.89. The predicted octanol–water partition coefficient (Wildman–Crippen LogP) is 5.21. The third-order valence-corrected chi connectivity index (χ3v) is 7.43. The van der Waals surface area contributed by atoms with Gasteiger partial charge in [0, 0.05) is 11.3 Å². The molecule has 32 heavy (non-hydrogen) atoms. The minimum absolute atomic E-state index is 0.0262. The fourth-order valence-electron chi connectivity index (χ4n) is 3.06. The molecule has 2 aromatic rings. The summed E-state index contributed by atoms with van der Waals surface area (Å²) in [5.41, 5.74) is 0.355. The van der Waals surface area contributed by atoms with E-state index in [0.29, 0.717) is 21.8 Å². The van der Waals surface area contributed by atoms with Crippen LogP contribution < -0.4 is 5.32 Å². The molecular weight excluding hydrogens is 451 g/mol. The van der Waals surface area contributed by atoms with Crippen molar-refractivity contribution in [2.45, 2.75) is 69.8 Å². The van der Waals surface area contributed by atoms with Gasteiger partial charge in [0.1, 0.15) is 22.5 Å². The summed E-state index contributed by atoms with van der Waals surface area (Å²) in [6.45, 7) is 13.9. The van der Waals surface area contributed by atoms with Crippen molar-refractivity contribution >= 4 is 27.6 Å². The highest BCUT2D eigenvalue weighted by atomic mass is 32.2. The van der Waals surface area contributed by atoms with Crippen molar-refractivity contribution in [2.24, 2.45) is 4.36 Å². The second-order valence-electron chi connectivity index (χ2n) is 8.42. The first-order chi connectivity index (χ1) is 14.8. The van der Waals surface area contributed by atoms with Crippen molar-refractivity contribution in [1.29, 1.82) is 5.26 Å². The average molecular weight is 480 g/mol. The van der Waals surface area contributed by atoms with Crippen LogP contribution in [0.2, 0.25) is 0 Å². The predicted molar refractivity (Wildman–Crippen MR) is 124 cm³/mol. The van der Waals surface area contributed by atoms with Gasteiger partial charge in [-0.3, -0.25) is 0 Å². The Morgan fingerprint density at radius 2 is 2.03 bits per heavy atom. The molecule has 0 radical (unpaired) electrons. The molecule has 0 aliphatic carbocycles. The number of benzene rings is 1. The van der Waals surface area contributed by atoms with Crippen LogP contribution in [-0.2, 0) is 27.0 Å². The molecule has 3 N–H and O–H groups in total. The number of rotatable bonds is 8. The van der Waals surface area contributed by atoms with Gasteiger partial charge in [-0.25, -0.2) is 9.37 Å². The minimum Gasteiger partial charge on any atom is -0.439 e. The summed E-state index contributed by atoms with van der Waals surface area (Å²) >= 11 is 0.991. The van der Waals surface area contributed by atoms with Gasteiger partial charge in [0.15, 0.2) is 0 Å². The maximum absolute atomic E-state index is 15.0. The van der Waals surface area contributed by atoms with Gasteiger partial charge in [0.25, 0.3) is 0 Å². The Labute approximate surface area is 193 Å². The Hall–Kier alpha value is -2.32. The normalized spacial score (nSPS) is 12.9. The molecule has 174 valence electrons. The number of aliphatic hydroxyl groups is 2. The third-order valence-electron chi connectivity index (χ3n) is 4.61. The van der Waals surface area contributed by atoms with Crippen LogP contribution in [0.15, 0.2) is 27.0 Å². The molecule has 10 heteroatoms. The molecule has 0 bridgehead atoms. The van der Waals surface area contributed by atoms with Crippen LogP contribution in [0.3, 0.4) is 0 Å². The van der Waals surface area contributed by atoms with Gasteiger partial charge in [0.05, 0.1) is 23.7 Å². The quantitative estimate of drug-likeness (QED) is 0.447. The zero-order valence-corrected chi connectivity index (χ0v) is 20.6. The Morgan fingerprint density at radius 1 is 1.41 bits per heavy atom. The summed E-state index contributed by atoms with van der Waals surface area (Å²) < 4.78 is 32.1. The van der Waals surface area contributed by atoms with Crippen LogP contribution in [0.4, 0.5) is 10.1 Å². The fraction of sp³-hybridized carbons (Fsp3) is 0.455. The van der Waals surface area contributed by atoms with Crippen molar-refractivity contribution in [3.05, 3.63) is 51.7 Å². The van der Waals surface area contributed by atoms with E-state index in [1.807, 2.05) is 33.8 Å². The molecular formula is C22H28FN4O3S2-. The summed E-state index contributed by atoms with van der Waals surface area (Å²) in [6, 6.07) is 3.40. The molecule has 2 rings (SSSR count). The summed E-state index contributed by atoms with van der Waals surface area (Å²) in [7, 11) is -1.96. The van der Waals surface area contributed by atoms with E-state index in [4.69, 9.17) is 0 Å². The number of nitriles is 1. The van der Waals surface area contributed by atoms with Gasteiger partial charge in [-0.1, -0.05) is 34.3 Å². The zero-order chi connectivity index (χ0) is 24.4. The molecule has 0 spiro atoms. The highest BCUT2D eigenvalue weighted by Gasteiger charge is 2.23. The molecule has 0 amide bonds. The first-order valence-corrected chi connectivity index (χ1v) is 11.9. The van der Waals surface area contributed by atoms with E-state index in [9.17, 15) is 24.1 Å². The maximum atomic E-state index is 15.0. The van der Waals surface area contributed by atoms with E-state index < -0.39 is 28.6 Å². The van der Waals surface area contributed by atoms with Crippen LogP contribution in [0.25, 0.3) is 0 Å². The van der Waals surface area contributed by atoms with Crippen molar-refractivity contribution in [3.8, 4) is 6.07 Å². The van der Waals surface area contributed by atoms with Crippen molar-refractivity contribution < 1.29 is 18.8 Å². The van der Waals surface area contributed by atoms with Gasteiger partial charge in [-0.05, 0) is 41.5 Å². The van der Waals surface area contributed by atoms with E-state index >= 15 is 0 Å². The van der Waals surface area contributed by atoms with Gasteiger partial charge in [0.2, 0.25) is 0 Å². The highest BCUT2D eigenvalue weighted by molar-refractivity contribution is 7.77. The maximum Gasteiger partial charge on any atom is 0.146 e. The molecule has 1 heterocycles. The number of nitrogens with one attached hydrogen (secondary N) is 1. The number of aromatic nitrogens is 1. The third kappa shape index (κ3) is 5.53. The average Bonchev–Trinajstić information content (AvgIpc) is 3.12.